The quantitative estimate of drug-likeness (QED) is 0.400. The van der Waals surface area contributed by atoms with E-state index in [0.717, 1.165) is 32.9 Å². The van der Waals surface area contributed by atoms with Crippen molar-refractivity contribution in [3.8, 4) is 11.5 Å². The second-order valence-electron chi connectivity index (χ2n) is 6.63. The van der Waals surface area contributed by atoms with Crippen molar-refractivity contribution in [3.63, 3.8) is 0 Å². The van der Waals surface area contributed by atoms with Gasteiger partial charge < -0.3 is 13.6 Å². The lowest BCUT2D eigenvalue weighted by atomic mass is 10.0. The molecule has 0 atom stereocenters. The molecule has 0 aliphatic heterocycles. The predicted octanol–water partition coefficient (Wildman–Crippen LogP) is 4.92. The molecule has 0 N–H and O–H groups in total. The van der Waals surface area contributed by atoms with Crippen molar-refractivity contribution in [2.75, 3.05) is 0 Å². The average molecular weight is 384 g/mol. The Bertz CT molecular complexity index is 1300. The van der Waals surface area contributed by atoms with Gasteiger partial charge in [-0.25, -0.2) is 0 Å². The maximum atomic E-state index is 12.4. The second-order valence-corrected chi connectivity index (χ2v) is 6.63. The predicted molar refractivity (Wildman–Crippen MR) is 107 cm³/mol. The van der Waals surface area contributed by atoms with E-state index >= 15 is 0 Å². The van der Waals surface area contributed by atoms with Crippen LogP contribution < -0.4 is 0 Å². The molecular formula is C23H16N2O4. The van der Waals surface area contributed by atoms with E-state index < -0.39 is 0 Å². The van der Waals surface area contributed by atoms with Gasteiger partial charge in [0.15, 0.2) is 6.61 Å². The van der Waals surface area contributed by atoms with Crippen LogP contribution in [0.5, 0.6) is 0 Å². The van der Waals surface area contributed by atoms with Crippen molar-refractivity contribution >= 4 is 27.7 Å². The van der Waals surface area contributed by atoms with E-state index in [1.165, 1.54) is 0 Å². The molecule has 6 heteroatoms. The lowest BCUT2D eigenvalue weighted by molar-refractivity contribution is -0.144. The van der Waals surface area contributed by atoms with Crippen LogP contribution >= 0.6 is 0 Å². The van der Waals surface area contributed by atoms with Crippen molar-refractivity contribution in [1.29, 1.82) is 0 Å². The summed E-state index contributed by atoms with van der Waals surface area (Å²) in [4.78, 5) is 12.4. The molecular weight excluding hydrogens is 368 g/mol. The first-order valence-electron chi connectivity index (χ1n) is 9.19. The van der Waals surface area contributed by atoms with Gasteiger partial charge in [-0.1, -0.05) is 48.5 Å². The Kier molecular flexibility index (Phi) is 4.29. The average Bonchev–Trinajstić information content (AvgIpc) is 3.40. The van der Waals surface area contributed by atoms with Crippen molar-refractivity contribution in [2.24, 2.45) is 0 Å². The molecule has 3 aromatic carbocycles. The molecule has 2 aromatic heterocycles. The van der Waals surface area contributed by atoms with Gasteiger partial charge in [0, 0.05) is 16.5 Å². The van der Waals surface area contributed by atoms with Gasteiger partial charge in [-0.15, -0.1) is 10.2 Å². The lowest BCUT2D eigenvalue weighted by Gasteiger charge is -2.03. The molecule has 0 unspecified atom stereocenters. The number of esters is 1. The summed E-state index contributed by atoms with van der Waals surface area (Å²) in [5.41, 5.74) is 2.35. The minimum atomic E-state index is -0.389. The number of aromatic nitrogens is 2. The molecule has 0 bridgehead atoms. The van der Waals surface area contributed by atoms with E-state index in [0.29, 0.717) is 5.89 Å². The van der Waals surface area contributed by atoms with Gasteiger partial charge in [0.2, 0.25) is 5.89 Å². The van der Waals surface area contributed by atoms with E-state index in [4.69, 9.17) is 13.6 Å². The Morgan fingerprint density at radius 1 is 0.931 bits per heavy atom. The number of hydrogen-bond donors (Lipinski definition) is 0. The molecule has 0 radical (unpaired) electrons. The van der Waals surface area contributed by atoms with Crippen LogP contribution in [-0.2, 0) is 22.6 Å². The number of carbonyl (C=O) groups excluding carboxylic acids is 1. The van der Waals surface area contributed by atoms with E-state index in [-0.39, 0.29) is 24.9 Å². The third-order valence-electron chi connectivity index (χ3n) is 4.72. The van der Waals surface area contributed by atoms with Crippen molar-refractivity contribution in [2.45, 2.75) is 13.0 Å². The summed E-state index contributed by atoms with van der Waals surface area (Å²) in [6.45, 7) is -0.0742. The smallest absolute Gasteiger partial charge is 0.310 e. The van der Waals surface area contributed by atoms with Gasteiger partial charge >= 0.3 is 5.97 Å². The van der Waals surface area contributed by atoms with Gasteiger partial charge in [-0.2, -0.15) is 0 Å². The Hall–Kier alpha value is -3.93. The normalized spacial score (nSPS) is 11.2. The van der Waals surface area contributed by atoms with Gasteiger partial charge in [0.1, 0.15) is 5.58 Å². The number of fused-ring (bicyclic) bond motifs is 3. The highest BCUT2D eigenvalue weighted by Crippen LogP contribution is 2.30. The zero-order chi connectivity index (χ0) is 19.6. The first kappa shape index (κ1) is 17.2. The molecule has 2 heterocycles. The van der Waals surface area contributed by atoms with Gasteiger partial charge in [-0.3, -0.25) is 4.79 Å². The Morgan fingerprint density at radius 3 is 2.66 bits per heavy atom. The third-order valence-corrected chi connectivity index (χ3v) is 4.72. The number of benzene rings is 3. The topological polar surface area (TPSA) is 78.4 Å². The fraction of sp³-hybridized carbons (Fsp3) is 0.0870. The molecule has 29 heavy (non-hydrogen) atoms. The summed E-state index contributed by atoms with van der Waals surface area (Å²) in [6.07, 6.45) is 1.71. The van der Waals surface area contributed by atoms with E-state index in [2.05, 4.69) is 10.2 Å². The zero-order valence-electron chi connectivity index (χ0n) is 15.4. The maximum Gasteiger partial charge on any atom is 0.310 e. The largest absolute Gasteiger partial charge is 0.464 e. The summed E-state index contributed by atoms with van der Waals surface area (Å²) in [5.74, 6) is 0.253. The molecule has 6 nitrogen and oxygen atoms in total. The summed E-state index contributed by atoms with van der Waals surface area (Å²) < 4.78 is 16.5. The lowest BCUT2D eigenvalue weighted by Crippen LogP contribution is -2.08. The van der Waals surface area contributed by atoms with Crippen LogP contribution in [0.4, 0.5) is 0 Å². The number of hydrogen-bond acceptors (Lipinski definition) is 6. The van der Waals surface area contributed by atoms with E-state index in [9.17, 15) is 4.79 Å². The van der Waals surface area contributed by atoms with Crippen LogP contribution in [0.2, 0.25) is 0 Å². The van der Waals surface area contributed by atoms with E-state index in [1.54, 1.807) is 6.26 Å². The van der Waals surface area contributed by atoms with Crippen LogP contribution in [0, 0.1) is 0 Å². The third kappa shape index (κ3) is 3.36. The first-order chi connectivity index (χ1) is 14.3. The molecule has 0 fully saturated rings. The van der Waals surface area contributed by atoms with Crippen molar-refractivity contribution in [3.05, 3.63) is 84.4 Å². The highest BCUT2D eigenvalue weighted by Gasteiger charge is 2.15. The molecule has 0 saturated carbocycles. The van der Waals surface area contributed by atoms with Crippen LogP contribution in [0.1, 0.15) is 11.5 Å². The molecule has 5 rings (SSSR count). The monoisotopic (exact) mass is 384 g/mol. The standard InChI is InChI=1S/C23H16N2O4/c26-21(28-14-20-24-25-23(29-20)16-7-2-1-3-8-16)12-17-13-27-19-11-10-15-6-4-5-9-18(15)22(17)19/h1-11,13H,12,14H2. The molecule has 0 saturated heterocycles. The van der Waals surface area contributed by atoms with Gasteiger partial charge in [0.05, 0.1) is 12.7 Å². The minimum absolute atomic E-state index is 0.0742. The molecule has 5 aromatic rings. The number of ether oxygens (including phenoxy) is 1. The number of nitrogens with zero attached hydrogens (tertiary/aromatic N) is 2. The highest BCUT2D eigenvalue weighted by molar-refractivity contribution is 6.08. The molecule has 0 amide bonds. The molecule has 0 aliphatic rings. The molecule has 0 spiro atoms. The van der Waals surface area contributed by atoms with Crippen molar-refractivity contribution in [1.82, 2.24) is 10.2 Å². The summed E-state index contributed by atoms with van der Waals surface area (Å²) in [6, 6.07) is 21.3. The van der Waals surface area contributed by atoms with Crippen LogP contribution in [0.15, 0.2) is 81.8 Å². The summed E-state index contributed by atoms with van der Waals surface area (Å²) >= 11 is 0. The number of rotatable bonds is 5. The second kappa shape index (κ2) is 7.24. The van der Waals surface area contributed by atoms with Gasteiger partial charge in [0.25, 0.3) is 5.89 Å². The highest BCUT2D eigenvalue weighted by atomic mass is 16.5. The van der Waals surface area contributed by atoms with Crippen LogP contribution in [0.25, 0.3) is 33.2 Å². The summed E-state index contributed by atoms with van der Waals surface area (Å²) in [5, 5.41) is 11.0. The Labute approximate surface area is 165 Å². The van der Waals surface area contributed by atoms with Gasteiger partial charge in [-0.05, 0) is 29.0 Å². The fourth-order valence-electron chi connectivity index (χ4n) is 3.36. The fourth-order valence-corrected chi connectivity index (χ4v) is 3.36. The van der Waals surface area contributed by atoms with Crippen LogP contribution in [0.3, 0.4) is 0 Å². The Balaban J connectivity index is 1.30. The molecule has 0 aliphatic carbocycles. The minimum Gasteiger partial charge on any atom is -0.464 e. The number of furan rings is 1. The first-order valence-corrected chi connectivity index (χ1v) is 9.19. The SMILES string of the molecule is O=C(Cc1coc2ccc3ccccc3c12)OCc1nnc(-c2ccccc2)o1. The number of carbonyl (C=O) groups is 1. The Morgan fingerprint density at radius 2 is 1.76 bits per heavy atom. The molecule has 142 valence electrons. The maximum absolute atomic E-state index is 12.4. The zero-order valence-corrected chi connectivity index (χ0v) is 15.4. The van der Waals surface area contributed by atoms with Crippen LogP contribution in [-0.4, -0.2) is 16.2 Å². The summed E-state index contributed by atoms with van der Waals surface area (Å²) in [7, 11) is 0. The van der Waals surface area contributed by atoms with Crippen molar-refractivity contribution < 1.29 is 18.4 Å². The van der Waals surface area contributed by atoms with E-state index in [1.807, 2.05) is 66.7 Å².